The van der Waals surface area contributed by atoms with Crippen molar-refractivity contribution in [2.45, 2.75) is 25.8 Å². The molecular formula is C11H18ClN3O. The summed E-state index contributed by atoms with van der Waals surface area (Å²) < 4.78 is 1.50. The molecule has 0 saturated heterocycles. The average molecular weight is 244 g/mol. The van der Waals surface area contributed by atoms with Gasteiger partial charge in [0.1, 0.15) is 0 Å². The van der Waals surface area contributed by atoms with Crippen molar-refractivity contribution in [2.75, 3.05) is 24.9 Å². The molecule has 1 aromatic rings. The van der Waals surface area contributed by atoms with Gasteiger partial charge < -0.3 is 4.90 Å². The number of alkyl halides is 1. The number of rotatable bonds is 6. The Bertz CT molecular complexity index is 376. The maximum atomic E-state index is 11.7. The Balaban J connectivity index is 2.58. The molecule has 0 aliphatic carbocycles. The Morgan fingerprint density at radius 2 is 2.12 bits per heavy atom. The largest absolute Gasteiger partial charge is 0.376 e. The summed E-state index contributed by atoms with van der Waals surface area (Å²) in [5, 5.41) is 4.13. The van der Waals surface area contributed by atoms with Gasteiger partial charge in [-0.3, -0.25) is 4.79 Å². The van der Waals surface area contributed by atoms with E-state index in [-0.39, 0.29) is 5.56 Å². The highest BCUT2D eigenvalue weighted by Crippen LogP contribution is 2.04. The standard InChI is InChI=1S/C11H18ClN3O/c1-14(2)10-8-11(16)15(13-9-10)7-5-3-4-6-12/h8-9H,3-7H2,1-2H3. The lowest BCUT2D eigenvalue weighted by molar-refractivity contribution is 0.529. The first-order valence-corrected chi connectivity index (χ1v) is 5.99. The number of nitrogens with zero attached hydrogens (tertiary/aromatic N) is 3. The molecule has 0 unspecified atom stereocenters. The average Bonchev–Trinajstić information content (AvgIpc) is 2.26. The predicted molar refractivity (Wildman–Crippen MR) is 67.4 cm³/mol. The van der Waals surface area contributed by atoms with Crippen LogP contribution in [-0.2, 0) is 6.54 Å². The lowest BCUT2D eigenvalue weighted by Gasteiger charge is -2.12. The van der Waals surface area contributed by atoms with E-state index < -0.39 is 0 Å². The van der Waals surface area contributed by atoms with E-state index in [1.807, 2.05) is 19.0 Å². The van der Waals surface area contributed by atoms with Crippen molar-refractivity contribution in [2.24, 2.45) is 0 Å². The van der Waals surface area contributed by atoms with E-state index in [9.17, 15) is 4.79 Å². The van der Waals surface area contributed by atoms with Crippen LogP contribution in [0.15, 0.2) is 17.1 Å². The van der Waals surface area contributed by atoms with Crippen molar-refractivity contribution >= 4 is 17.3 Å². The molecule has 0 aromatic carbocycles. The van der Waals surface area contributed by atoms with Crippen LogP contribution in [0, 0.1) is 0 Å². The van der Waals surface area contributed by atoms with Gasteiger partial charge in [0.25, 0.3) is 5.56 Å². The number of aromatic nitrogens is 2. The van der Waals surface area contributed by atoms with Crippen LogP contribution in [0.25, 0.3) is 0 Å². The van der Waals surface area contributed by atoms with E-state index in [1.54, 1.807) is 12.3 Å². The molecule has 1 aromatic heterocycles. The van der Waals surface area contributed by atoms with E-state index in [0.717, 1.165) is 24.9 Å². The molecule has 0 radical (unpaired) electrons. The van der Waals surface area contributed by atoms with Crippen molar-refractivity contribution in [1.29, 1.82) is 0 Å². The Hall–Kier alpha value is -1.03. The molecule has 0 N–H and O–H groups in total. The molecule has 90 valence electrons. The molecule has 0 spiro atoms. The molecule has 4 nitrogen and oxygen atoms in total. The summed E-state index contributed by atoms with van der Waals surface area (Å²) in [5.74, 6) is 0.682. The molecule has 5 heteroatoms. The second-order valence-corrected chi connectivity index (χ2v) is 4.30. The fourth-order valence-corrected chi connectivity index (χ4v) is 1.56. The van der Waals surface area contributed by atoms with Crippen molar-refractivity contribution in [3.63, 3.8) is 0 Å². The molecule has 1 rings (SSSR count). The van der Waals surface area contributed by atoms with Gasteiger partial charge in [0.2, 0.25) is 0 Å². The van der Waals surface area contributed by atoms with Crippen LogP contribution >= 0.6 is 11.6 Å². The minimum Gasteiger partial charge on any atom is -0.376 e. The maximum absolute atomic E-state index is 11.7. The molecule has 0 bridgehead atoms. The lowest BCUT2D eigenvalue weighted by atomic mass is 10.2. The van der Waals surface area contributed by atoms with Crippen LogP contribution < -0.4 is 10.5 Å². The van der Waals surface area contributed by atoms with Gasteiger partial charge in [-0.05, 0) is 12.8 Å². The van der Waals surface area contributed by atoms with Gasteiger partial charge in [-0.1, -0.05) is 6.42 Å². The van der Waals surface area contributed by atoms with Crippen molar-refractivity contribution in [1.82, 2.24) is 9.78 Å². The number of hydrogen-bond acceptors (Lipinski definition) is 3. The van der Waals surface area contributed by atoms with Crippen molar-refractivity contribution in [3.05, 3.63) is 22.6 Å². The van der Waals surface area contributed by atoms with E-state index >= 15 is 0 Å². The summed E-state index contributed by atoms with van der Waals surface area (Å²) in [5.41, 5.74) is 0.791. The third-order valence-corrected chi connectivity index (χ3v) is 2.64. The molecule has 0 amide bonds. The van der Waals surface area contributed by atoms with Crippen LogP contribution in [0.2, 0.25) is 0 Å². The van der Waals surface area contributed by atoms with Crippen LogP contribution in [0.4, 0.5) is 5.69 Å². The molecular weight excluding hydrogens is 226 g/mol. The van der Waals surface area contributed by atoms with Crippen LogP contribution in [0.5, 0.6) is 0 Å². The molecule has 0 aliphatic rings. The lowest BCUT2D eigenvalue weighted by Crippen LogP contribution is -2.24. The summed E-state index contributed by atoms with van der Waals surface area (Å²) in [6, 6.07) is 1.61. The fourth-order valence-electron chi connectivity index (χ4n) is 1.37. The normalized spacial score (nSPS) is 10.4. The highest BCUT2D eigenvalue weighted by molar-refractivity contribution is 6.17. The van der Waals surface area contributed by atoms with Crippen molar-refractivity contribution in [3.8, 4) is 0 Å². The SMILES string of the molecule is CN(C)c1cnn(CCCCCCl)c(=O)c1. The Morgan fingerprint density at radius 3 is 2.69 bits per heavy atom. The summed E-state index contributed by atoms with van der Waals surface area (Å²) in [6.07, 6.45) is 4.68. The summed E-state index contributed by atoms with van der Waals surface area (Å²) >= 11 is 5.58. The summed E-state index contributed by atoms with van der Waals surface area (Å²) in [6.45, 7) is 0.670. The van der Waals surface area contributed by atoms with Gasteiger partial charge >= 0.3 is 0 Å². The third-order valence-electron chi connectivity index (χ3n) is 2.38. The number of anilines is 1. The fraction of sp³-hybridized carbons (Fsp3) is 0.636. The van der Waals surface area contributed by atoms with Crippen LogP contribution in [0.1, 0.15) is 19.3 Å². The zero-order valence-corrected chi connectivity index (χ0v) is 10.6. The zero-order valence-electron chi connectivity index (χ0n) is 9.82. The van der Waals surface area contributed by atoms with Gasteiger partial charge in [0.05, 0.1) is 11.9 Å². The number of halogens is 1. The highest BCUT2D eigenvalue weighted by atomic mass is 35.5. The minimum atomic E-state index is -0.0444. The third kappa shape index (κ3) is 3.85. The maximum Gasteiger partial charge on any atom is 0.268 e. The van der Waals surface area contributed by atoms with E-state index in [2.05, 4.69) is 5.10 Å². The second kappa shape index (κ2) is 6.53. The summed E-state index contributed by atoms with van der Waals surface area (Å²) in [7, 11) is 3.78. The molecule has 0 saturated carbocycles. The molecule has 0 fully saturated rings. The molecule has 16 heavy (non-hydrogen) atoms. The zero-order chi connectivity index (χ0) is 12.0. The topological polar surface area (TPSA) is 38.1 Å². The first kappa shape index (κ1) is 13.0. The first-order chi connectivity index (χ1) is 7.65. The highest BCUT2D eigenvalue weighted by Gasteiger charge is 2.01. The van der Waals surface area contributed by atoms with Crippen LogP contribution in [0.3, 0.4) is 0 Å². The van der Waals surface area contributed by atoms with E-state index in [0.29, 0.717) is 12.4 Å². The van der Waals surface area contributed by atoms with E-state index in [4.69, 9.17) is 11.6 Å². The molecule has 1 heterocycles. The Morgan fingerprint density at radius 1 is 1.38 bits per heavy atom. The van der Waals surface area contributed by atoms with Gasteiger partial charge in [-0.15, -0.1) is 11.6 Å². The Labute approximate surface area is 101 Å². The minimum absolute atomic E-state index is 0.0444. The number of aryl methyl sites for hydroxylation is 1. The van der Waals surface area contributed by atoms with E-state index in [1.165, 1.54) is 4.68 Å². The monoisotopic (exact) mass is 243 g/mol. The first-order valence-electron chi connectivity index (χ1n) is 5.45. The Kier molecular flexibility index (Phi) is 5.32. The molecule has 0 atom stereocenters. The molecule has 0 aliphatic heterocycles. The van der Waals surface area contributed by atoms with Crippen LogP contribution in [-0.4, -0.2) is 29.8 Å². The predicted octanol–water partition coefficient (Wildman–Crippen LogP) is 1.72. The number of hydrogen-bond donors (Lipinski definition) is 0. The quantitative estimate of drug-likeness (QED) is 0.564. The van der Waals surface area contributed by atoms with Crippen molar-refractivity contribution < 1.29 is 0 Å². The summed E-state index contributed by atoms with van der Waals surface area (Å²) in [4.78, 5) is 13.5. The smallest absolute Gasteiger partial charge is 0.268 e. The van der Waals surface area contributed by atoms with Gasteiger partial charge in [0.15, 0.2) is 0 Å². The van der Waals surface area contributed by atoms with Gasteiger partial charge in [-0.25, -0.2) is 4.68 Å². The number of unbranched alkanes of at least 4 members (excludes halogenated alkanes) is 2. The van der Waals surface area contributed by atoms with Gasteiger partial charge in [-0.2, -0.15) is 5.10 Å². The van der Waals surface area contributed by atoms with Gasteiger partial charge in [0, 0.05) is 32.6 Å². The second-order valence-electron chi connectivity index (χ2n) is 3.92.